The van der Waals surface area contributed by atoms with Gasteiger partial charge in [0.15, 0.2) is 0 Å². The first-order chi connectivity index (χ1) is 15.5. The Morgan fingerprint density at radius 2 is 1.72 bits per heavy atom. The second-order valence-electron chi connectivity index (χ2n) is 8.31. The Balaban J connectivity index is 1.45. The summed E-state index contributed by atoms with van der Waals surface area (Å²) < 4.78 is 30.4. The molecule has 0 unspecified atom stereocenters. The Kier molecular flexibility index (Phi) is 5.21. The van der Waals surface area contributed by atoms with Crippen LogP contribution in [0.4, 0.5) is 8.78 Å². The van der Waals surface area contributed by atoms with Gasteiger partial charge >= 0.3 is 0 Å². The van der Waals surface area contributed by atoms with Crippen molar-refractivity contribution in [3.63, 3.8) is 0 Å². The Labute approximate surface area is 185 Å². The Morgan fingerprint density at radius 1 is 0.969 bits per heavy atom. The number of aromatic nitrogens is 2. The number of hydrogen-bond donors (Lipinski definition) is 0. The van der Waals surface area contributed by atoms with Crippen LogP contribution in [0.25, 0.3) is 22.4 Å². The van der Waals surface area contributed by atoms with Crippen molar-refractivity contribution in [1.29, 1.82) is 0 Å². The number of likely N-dealkylation sites (tertiary alicyclic amines) is 1. The van der Waals surface area contributed by atoms with E-state index in [0.29, 0.717) is 25.9 Å². The molecule has 3 aromatic carbocycles. The highest BCUT2D eigenvalue weighted by Crippen LogP contribution is 2.34. The maximum absolute atomic E-state index is 14.2. The van der Waals surface area contributed by atoms with Gasteiger partial charge in [-0.05, 0) is 50.1 Å². The summed E-state index contributed by atoms with van der Waals surface area (Å²) in [6.07, 6.45) is 1.36. The number of fused-ring (bicyclic) bond motifs is 1. The predicted molar refractivity (Wildman–Crippen MR) is 120 cm³/mol. The number of nitrogens with zero attached hydrogens (tertiary/aromatic N) is 3. The highest BCUT2D eigenvalue weighted by Gasteiger charge is 2.28. The van der Waals surface area contributed by atoms with Crippen LogP contribution in [-0.2, 0) is 0 Å². The van der Waals surface area contributed by atoms with Gasteiger partial charge in [0, 0.05) is 24.7 Å². The minimum atomic E-state index is -0.495. The Hall–Kier alpha value is -3.54. The van der Waals surface area contributed by atoms with Gasteiger partial charge in [-0.15, -0.1) is 0 Å². The minimum absolute atomic E-state index is 0.0587. The average Bonchev–Trinajstić information content (AvgIpc) is 3.19. The van der Waals surface area contributed by atoms with E-state index < -0.39 is 5.82 Å². The van der Waals surface area contributed by atoms with Crippen molar-refractivity contribution in [2.24, 2.45) is 0 Å². The molecule has 0 aliphatic carbocycles. The fourth-order valence-corrected chi connectivity index (χ4v) is 4.53. The second-order valence-corrected chi connectivity index (χ2v) is 8.31. The molecule has 1 fully saturated rings. The summed E-state index contributed by atoms with van der Waals surface area (Å²) in [6, 6.07) is 19.2. The van der Waals surface area contributed by atoms with Crippen molar-refractivity contribution < 1.29 is 13.6 Å². The number of rotatable bonds is 3. The van der Waals surface area contributed by atoms with Gasteiger partial charge < -0.3 is 9.47 Å². The lowest BCUT2D eigenvalue weighted by molar-refractivity contribution is 0.0691. The molecule has 1 aromatic heterocycles. The molecule has 1 aliphatic heterocycles. The minimum Gasteiger partial charge on any atom is -0.338 e. The molecule has 4 aromatic rings. The summed E-state index contributed by atoms with van der Waals surface area (Å²) in [5.41, 5.74) is 3.42. The quantitative estimate of drug-likeness (QED) is 0.413. The first-order valence-electron chi connectivity index (χ1n) is 10.8. The van der Waals surface area contributed by atoms with Crippen LogP contribution in [0.2, 0.25) is 0 Å². The molecule has 0 atom stereocenters. The zero-order valence-electron chi connectivity index (χ0n) is 17.8. The van der Waals surface area contributed by atoms with E-state index in [1.165, 1.54) is 18.2 Å². The van der Waals surface area contributed by atoms with Crippen LogP contribution in [0, 0.1) is 18.6 Å². The van der Waals surface area contributed by atoms with E-state index in [-0.39, 0.29) is 23.3 Å². The summed E-state index contributed by atoms with van der Waals surface area (Å²) in [7, 11) is 0. The van der Waals surface area contributed by atoms with Crippen molar-refractivity contribution in [2.75, 3.05) is 13.1 Å². The number of piperidine rings is 1. The Morgan fingerprint density at radius 3 is 2.47 bits per heavy atom. The first-order valence-corrected chi connectivity index (χ1v) is 10.8. The van der Waals surface area contributed by atoms with Crippen molar-refractivity contribution in [2.45, 2.75) is 25.8 Å². The van der Waals surface area contributed by atoms with Gasteiger partial charge in [-0.1, -0.05) is 42.0 Å². The zero-order chi connectivity index (χ0) is 22.2. The van der Waals surface area contributed by atoms with Crippen LogP contribution in [0.15, 0.2) is 66.7 Å². The molecular weight excluding hydrogens is 408 g/mol. The molecule has 32 heavy (non-hydrogen) atoms. The number of benzene rings is 3. The molecule has 0 bridgehead atoms. The van der Waals surface area contributed by atoms with Crippen LogP contribution >= 0.6 is 0 Å². The molecular formula is C26H23F2N3O. The van der Waals surface area contributed by atoms with E-state index in [2.05, 4.69) is 4.57 Å². The molecule has 0 saturated carbocycles. The standard InChI is InChI=1S/C26H23F2N3O/c1-17-7-9-22(28)21(15-17)26(32)30-13-11-20(12-14-30)31-24-16-19(27)8-10-23(24)29-25(31)18-5-3-2-4-6-18/h2-10,15-16,20H,11-14H2,1H3. The van der Waals surface area contributed by atoms with E-state index in [4.69, 9.17) is 4.98 Å². The second kappa shape index (κ2) is 8.19. The van der Waals surface area contributed by atoms with Crippen molar-refractivity contribution in [3.05, 3.63) is 89.5 Å². The highest BCUT2D eigenvalue weighted by molar-refractivity contribution is 5.94. The third kappa shape index (κ3) is 3.66. The predicted octanol–water partition coefficient (Wildman–Crippen LogP) is 5.77. The van der Waals surface area contributed by atoms with E-state index in [1.807, 2.05) is 37.3 Å². The highest BCUT2D eigenvalue weighted by atomic mass is 19.1. The number of halogens is 2. The lowest BCUT2D eigenvalue weighted by Crippen LogP contribution is -2.39. The summed E-state index contributed by atoms with van der Waals surface area (Å²) >= 11 is 0. The smallest absolute Gasteiger partial charge is 0.256 e. The van der Waals surface area contributed by atoms with Gasteiger partial charge in [-0.25, -0.2) is 13.8 Å². The fraction of sp³-hybridized carbons (Fsp3) is 0.231. The van der Waals surface area contributed by atoms with Crippen molar-refractivity contribution >= 4 is 16.9 Å². The SMILES string of the molecule is Cc1ccc(F)c(C(=O)N2CCC(n3c(-c4ccccc4)nc4ccc(F)cc43)CC2)c1. The van der Waals surface area contributed by atoms with Crippen LogP contribution in [0.3, 0.4) is 0 Å². The van der Waals surface area contributed by atoms with E-state index >= 15 is 0 Å². The number of hydrogen-bond acceptors (Lipinski definition) is 2. The number of imidazole rings is 1. The summed E-state index contributed by atoms with van der Waals surface area (Å²) in [5, 5.41) is 0. The largest absolute Gasteiger partial charge is 0.338 e. The van der Waals surface area contributed by atoms with Crippen LogP contribution in [0.5, 0.6) is 0 Å². The molecule has 162 valence electrons. The van der Waals surface area contributed by atoms with E-state index in [0.717, 1.165) is 28.0 Å². The molecule has 1 saturated heterocycles. The van der Waals surface area contributed by atoms with Gasteiger partial charge in [0.25, 0.3) is 5.91 Å². The number of carbonyl (C=O) groups excluding carboxylic acids is 1. The molecule has 6 heteroatoms. The van der Waals surface area contributed by atoms with Crippen molar-refractivity contribution in [1.82, 2.24) is 14.5 Å². The molecule has 0 spiro atoms. The first kappa shape index (κ1) is 20.4. The normalized spacial score (nSPS) is 14.8. The van der Waals surface area contributed by atoms with Gasteiger partial charge in [0.1, 0.15) is 17.5 Å². The molecule has 4 nitrogen and oxygen atoms in total. The Bertz CT molecular complexity index is 1290. The lowest BCUT2D eigenvalue weighted by Gasteiger charge is -2.34. The fourth-order valence-electron chi connectivity index (χ4n) is 4.53. The van der Waals surface area contributed by atoms with Gasteiger partial charge in [0.05, 0.1) is 16.6 Å². The molecule has 0 radical (unpaired) electrons. The summed E-state index contributed by atoms with van der Waals surface area (Å²) in [5.74, 6) is -0.291. The topological polar surface area (TPSA) is 38.1 Å². The van der Waals surface area contributed by atoms with Crippen molar-refractivity contribution in [3.8, 4) is 11.4 Å². The molecule has 1 amide bonds. The van der Waals surface area contributed by atoms with Gasteiger partial charge in [-0.3, -0.25) is 4.79 Å². The lowest BCUT2D eigenvalue weighted by atomic mass is 10.0. The van der Waals surface area contributed by atoms with Crippen LogP contribution in [-0.4, -0.2) is 33.4 Å². The average molecular weight is 431 g/mol. The number of aryl methyl sites for hydroxylation is 1. The maximum atomic E-state index is 14.2. The van der Waals surface area contributed by atoms with Crippen LogP contribution < -0.4 is 0 Å². The van der Waals surface area contributed by atoms with Gasteiger partial charge in [0.2, 0.25) is 0 Å². The molecule has 0 N–H and O–H groups in total. The number of amides is 1. The maximum Gasteiger partial charge on any atom is 0.256 e. The third-order valence-corrected chi connectivity index (χ3v) is 6.15. The molecule has 5 rings (SSSR count). The molecule has 2 heterocycles. The monoisotopic (exact) mass is 431 g/mol. The third-order valence-electron chi connectivity index (χ3n) is 6.15. The van der Waals surface area contributed by atoms with Gasteiger partial charge in [-0.2, -0.15) is 0 Å². The zero-order valence-corrected chi connectivity index (χ0v) is 17.8. The molecule has 1 aliphatic rings. The number of carbonyl (C=O) groups is 1. The summed E-state index contributed by atoms with van der Waals surface area (Å²) in [6.45, 7) is 2.84. The van der Waals surface area contributed by atoms with E-state index in [9.17, 15) is 13.6 Å². The van der Waals surface area contributed by atoms with Crippen LogP contribution in [0.1, 0.15) is 34.8 Å². The summed E-state index contributed by atoms with van der Waals surface area (Å²) in [4.78, 5) is 19.4. The van der Waals surface area contributed by atoms with E-state index in [1.54, 1.807) is 23.1 Å².